The molecule has 9 nitrogen and oxygen atoms in total. The zero-order valence-electron chi connectivity index (χ0n) is 16.3. The minimum Gasteiger partial charge on any atom is -0.485 e. The zero-order chi connectivity index (χ0) is 22.0. The largest absolute Gasteiger partial charge is 0.485 e. The second-order valence-electron chi connectivity index (χ2n) is 7.18. The van der Waals surface area contributed by atoms with Crippen LogP contribution < -0.4 is 15.1 Å². The SMILES string of the molecule is O=c1ccc2cc(O[C@H]3O[C@H](CO)[C@@H](O)[C@@H](O)[C@@H]3O)c(OCc3ccccc3)cc2o1. The van der Waals surface area contributed by atoms with Gasteiger partial charge in [-0.3, -0.25) is 0 Å². The molecule has 5 atom stereocenters. The van der Waals surface area contributed by atoms with Gasteiger partial charge >= 0.3 is 5.63 Å². The first kappa shape index (κ1) is 21.3. The Morgan fingerprint density at radius 3 is 2.42 bits per heavy atom. The number of rotatable bonds is 6. The van der Waals surface area contributed by atoms with Crippen LogP contribution in [0.15, 0.2) is 63.8 Å². The van der Waals surface area contributed by atoms with E-state index in [1.807, 2.05) is 30.3 Å². The van der Waals surface area contributed by atoms with Crippen molar-refractivity contribution in [3.8, 4) is 11.5 Å². The summed E-state index contributed by atoms with van der Waals surface area (Å²) in [6.07, 6.45) is -7.16. The van der Waals surface area contributed by atoms with E-state index in [0.717, 1.165) is 5.56 Å². The van der Waals surface area contributed by atoms with Gasteiger partial charge in [-0.25, -0.2) is 4.79 Å². The third-order valence-electron chi connectivity index (χ3n) is 5.01. The lowest BCUT2D eigenvalue weighted by Gasteiger charge is -2.39. The standard InChI is InChI=1S/C22H22O9/c23-10-17-19(25)20(26)21(27)22(31-17)30-16-8-13-6-7-18(24)29-14(13)9-15(16)28-11-12-4-2-1-3-5-12/h1-9,17,19-23,25-27H,10-11H2/t17-,19-,20-,21+,22+/m1/s1. The van der Waals surface area contributed by atoms with Crippen LogP contribution in [0.2, 0.25) is 0 Å². The number of benzene rings is 2. The highest BCUT2D eigenvalue weighted by Gasteiger charge is 2.45. The van der Waals surface area contributed by atoms with Gasteiger partial charge in [0.05, 0.1) is 6.61 Å². The summed E-state index contributed by atoms with van der Waals surface area (Å²) < 4.78 is 22.3. The van der Waals surface area contributed by atoms with Crippen molar-refractivity contribution in [1.29, 1.82) is 0 Å². The Bertz CT molecular complexity index is 1080. The molecule has 1 aliphatic rings. The molecule has 4 N–H and O–H groups in total. The lowest BCUT2D eigenvalue weighted by Crippen LogP contribution is -2.60. The maximum absolute atomic E-state index is 11.6. The highest BCUT2D eigenvalue weighted by molar-refractivity contribution is 5.80. The molecule has 0 spiro atoms. The van der Waals surface area contributed by atoms with E-state index in [0.29, 0.717) is 5.39 Å². The molecule has 0 unspecified atom stereocenters. The fraction of sp³-hybridized carbons (Fsp3) is 0.318. The Balaban J connectivity index is 1.66. The predicted octanol–water partition coefficient (Wildman–Crippen LogP) is 0.551. The van der Waals surface area contributed by atoms with Crippen LogP contribution in [-0.2, 0) is 11.3 Å². The highest BCUT2D eigenvalue weighted by atomic mass is 16.7. The van der Waals surface area contributed by atoms with Crippen molar-refractivity contribution < 1.29 is 39.1 Å². The lowest BCUT2D eigenvalue weighted by atomic mass is 9.99. The first-order valence-corrected chi connectivity index (χ1v) is 9.68. The summed E-state index contributed by atoms with van der Waals surface area (Å²) in [7, 11) is 0. The predicted molar refractivity (Wildman–Crippen MR) is 108 cm³/mol. The average Bonchev–Trinajstić information content (AvgIpc) is 2.78. The molecule has 1 saturated heterocycles. The van der Waals surface area contributed by atoms with Gasteiger partial charge in [-0.1, -0.05) is 30.3 Å². The molecule has 9 heteroatoms. The van der Waals surface area contributed by atoms with Gasteiger partial charge in [-0.2, -0.15) is 0 Å². The average molecular weight is 430 g/mol. The van der Waals surface area contributed by atoms with Crippen LogP contribution in [0.5, 0.6) is 11.5 Å². The van der Waals surface area contributed by atoms with Crippen molar-refractivity contribution in [3.05, 3.63) is 70.6 Å². The van der Waals surface area contributed by atoms with Gasteiger partial charge in [-0.15, -0.1) is 0 Å². The third kappa shape index (κ3) is 4.55. The van der Waals surface area contributed by atoms with Crippen LogP contribution in [0.1, 0.15) is 5.56 Å². The summed E-state index contributed by atoms with van der Waals surface area (Å²) in [5.41, 5.74) is 0.636. The maximum atomic E-state index is 11.6. The van der Waals surface area contributed by atoms with E-state index >= 15 is 0 Å². The topological polar surface area (TPSA) is 139 Å². The lowest BCUT2D eigenvalue weighted by molar-refractivity contribution is -0.277. The molecule has 164 valence electrons. The Labute approximate surface area is 176 Å². The van der Waals surface area contributed by atoms with Gasteiger partial charge < -0.3 is 39.1 Å². The molecule has 1 aliphatic heterocycles. The summed E-state index contributed by atoms with van der Waals surface area (Å²) in [6, 6.07) is 15.2. The van der Waals surface area contributed by atoms with Crippen molar-refractivity contribution in [3.63, 3.8) is 0 Å². The highest BCUT2D eigenvalue weighted by Crippen LogP contribution is 2.35. The third-order valence-corrected chi connectivity index (χ3v) is 5.01. The minimum absolute atomic E-state index is 0.154. The zero-order valence-corrected chi connectivity index (χ0v) is 16.3. The van der Waals surface area contributed by atoms with Crippen molar-refractivity contribution in [2.45, 2.75) is 37.3 Å². The van der Waals surface area contributed by atoms with E-state index in [1.54, 1.807) is 12.1 Å². The van der Waals surface area contributed by atoms with Crippen LogP contribution in [0.3, 0.4) is 0 Å². The number of aliphatic hydroxyl groups excluding tert-OH is 4. The summed E-state index contributed by atoms with van der Waals surface area (Å²) in [4.78, 5) is 11.6. The first-order valence-electron chi connectivity index (χ1n) is 9.68. The van der Waals surface area contributed by atoms with Crippen LogP contribution in [0, 0.1) is 0 Å². The minimum atomic E-state index is -1.58. The van der Waals surface area contributed by atoms with E-state index in [9.17, 15) is 25.2 Å². The van der Waals surface area contributed by atoms with E-state index in [1.165, 1.54) is 12.1 Å². The molecule has 0 bridgehead atoms. The molecule has 31 heavy (non-hydrogen) atoms. The second-order valence-corrected chi connectivity index (χ2v) is 7.18. The Morgan fingerprint density at radius 1 is 0.903 bits per heavy atom. The Hall–Kier alpha value is -2.95. The normalized spacial score (nSPS) is 26.0. The number of ether oxygens (including phenoxy) is 3. The molecule has 3 aromatic rings. The van der Waals surface area contributed by atoms with E-state index in [2.05, 4.69) is 0 Å². The molecule has 4 rings (SSSR count). The van der Waals surface area contributed by atoms with Gasteiger partial charge in [0.1, 0.15) is 36.6 Å². The molecule has 0 amide bonds. The second kappa shape index (κ2) is 9.04. The van der Waals surface area contributed by atoms with Gasteiger partial charge in [0, 0.05) is 17.5 Å². The van der Waals surface area contributed by atoms with Crippen molar-refractivity contribution in [2.24, 2.45) is 0 Å². The quantitative estimate of drug-likeness (QED) is 0.413. The van der Waals surface area contributed by atoms with Crippen LogP contribution in [0.25, 0.3) is 11.0 Å². The molecule has 1 fully saturated rings. The number of fused-ring (bicyclic) bond motifs is 1. The van der Waals surface area contributed by atoms with E-state index < -0.39 is 42.9 Å². The van der Waals surface area contributed by atoms with Gasteiger partial charge in [0.25, 0.3) is 0 Å². The molecule has 0 radical (unpaired) electrons. The maximum Gasteiger partial charge on any atom is 0.336 e. The summed E-state index contributed by atoms with van der Waals surface area (Å²) in [5.74, 6) is 0.365. The molecular formula is C22H22O9. The van der Waals surface area contributed by atoms with Crippen LogP contribution in [0.4, 0.5) is 0 Å². The molecule has 0 saturated carbocycles. The molecule has 0 aliphatic carbocycles. The Morgan fingerprint density at radius 2 is 1.68 bits per heavy atom. The summed E-state index contributed by atoms with van der Waals surface area (Å²) in [6.45, 7) is -0.389. The van der Waals surface area contributed by atoms with Gasteiger partial charge in [-0.05, 0) is 17.7 Å². The monoisotopic (exact) mass is 430 g/mol. The smallest absolute Gasteiger partial charge is 0.336 e. The van der Waals surface area contributed by atoms with Crippen LogP contribution in [-0.4, -0.2) is 57.7 Å². The van der Waals surface area contributed by atoms with E-state index in [-0.39, 0.29) is 23.7 Å². The number of aliphatic hydroxyl groups is 4. The van der Waals surface area contributed by atoms with Gasteiger partial charge in [0.15, 0.2) is 11.5 Å². The molecule has 1 aromatic heterocycles. The number of hydrogen-bond donors (Lipinski definition) is 4. The van der Waals surface area contributed by atoms with Crippen molar-refractivity contribution >= 4 is 11.0 Å². The Kier molecular flexibility index (Phi) is 6.21. The van der Waals surface area contributed by atoms with Crippen LogP contribution >= 0.6 is 0 Å². The molecule has 2 aromatic carbocycles. The van der Waals surface area contributed by atoms with Gasteiger partial charge in [0.2, 0.25) is 6.29 Å². The van der Waals surface area contributed by atoms with Crippen molar-refractivity contribution in [1.82, 2.24) is 0 Å². The fourth-order valence-electron chi connectivity index (χ4n) is 3.31. The number of hydrogen-bond acceptors (Lipinski definition) is 9. The summed E-state index contributed by atoms with van der Waals surface area (Å²) >= 11 is 0. The van der Waals surface area contributed by atoms with Crippen molar-refractivity contribution in [2.75, 3.05) is 6.61 Å². The van der Waals surface area contributed by atoms with E-state index in [4.69, 9.17) is 18.6 Å². The summed E-state index contributed by atoms with van der Waals surface area (Å²) in [5, 5.41) is 40.2. The fourth-order valence-corrected chi connectivity index (χ4v) is 3.31. The first-order chi connectivity index (χ1) is 15.0. The molecule has 2 heterocycles. The molecular weight excluding hydrogens is 408 g/mol.